The highest BCUT2D eigenvalue weighted by Gasteiger charge is 1.99. The molecule has 0 radical (unpaired) electrons. The van der Waals surface area contributed by atoms with Gasteiger partial charge >= 0.3 is 0 Å². The van der Waals surface area contributed by atoms with E-state index in [0.29, 0.717) is 6.42 Å². The summed E-state index contributed by atoms with van der Waals surface area (Å²) < 4.78 is 5.10. The number of carbonyl (C=O) groups is 1. The predicted octanol–water partition coefficient (Wildman–Crippen LogP) is 3.10. The van der Waals surface area contributed by atoms with E-state index in [4.69, 9.17) is 4.74 Å². The lowest BCUT2D eigenvalue weighted by Gasteiger charge is -2.06. The van der Waals surface area contributed by atoms with Crippen LogP contribution >= 0.6 is 11.3 Å². The van der Waals surface area contributed by atoms with Crippen LogP contribution in [0.2, 0.25) is 0 Å². The van der Waals surface area contributed by atoms with Crippen LogP contribution in [-0.4, -0.2) is 25.8 Å². The van der Waals surface area contributed by atoms with Crippen molar-refractivity contribution in [2.45, 2.75) is 12.8 Å². The maximum atomic E-state index is 11.6. The van der Waals surface area contributed by atoms with Gasteiger partial charge in [0.2, 0.25) is 5.91 Å². The maximum absolute atomic E-state index is 11.6. The van der Waals surface area contributed by atoms with Gasteiger partial charge in [0.25, 0.3) is 0 Å². The summed E-state index contributed by atoms with van der Waals surface area (Å²) in [6, 6.07) is 11.6. The van der Waals surface area contributed by atoms with Crippen LogP contribution in [0.3, 0.4) is 0 Å². The molecule has 2 rings (SSSR count). The summed E-state index contributed by atoms with van der Waals surface area (Å²) in [7, 11) is 1.64. The van der Waals surface area contributed by atoms with Crippen molar-refractivity contribution in [3.05, 3.63) is 46.7 Å². The number of nitrogens with zero attached hydrogens (tertiary/aromatic N) is 1. The van der Waals surface area contributed by atoms with Gasteiger partial charge in [0.1, 0.15) is 5.75 Å². The average molecular weight is 317 g/mol. The molecule has 22 heavy (non-hydrogen) atoms. The van der Waals surface area contributed by atoms with E-state index in [-0.39, 0.29) is 5.91 Å². The average Bonchev–Trinajstić information content (AvgIpc) is 3.05. The lowest BCUT2D eigenvalue weighted by Crippen LogP contribution is -2.18. The molecule has 0 aliphatic carbocycles. The number of anilines is 1. The zero-order valence-corrected chi connectivity index (χ0v) is 13.2. The number of hydrogen-bond acceptors (Lipinski definition) is 5. The molecule has 116 valence electrons. The minimum absolute atomic E-state index is 0.0793. The summed E-state index contributed by atoms with van der Waals surface area (Å²) in [6.45, 7) is 0.731. The second kappa shape index (κ2) is 8.84. The topological polar surface area (TPSA) is 62.7 Å². The Morgan fingerprint density at radius 3 is 2.82 bits per heavy atom. The van der Waals surface area contributed by atoms with Crippen LogP contribution in [0.4, 0.5) is 5.69 Å². The number of benzene rings is 1. The molecular formula is C16H19N3O2S. The standard InChI is InChI=1S/C16H19N3O2S/c1-21-14-8-6-13(7-9-14)17-10-2-5-16(20)19-18-12-15-4-3-11-22-15/h3-4,6-9,11-12,17H,2,5,10H2,1H3,(H,19,20)/b18-12+. The Balaban J connectivity index is 1.60. The van der Waals surface area contributed by atoms with E-state index in [1.54, 1.807) is 24.7 Å². The SMILES string of the molecule is COc1ccc(NCCCC(=O)N/N=C/c2cccs2)cc1. The number of thiophene rings is 1. The molecule has 1 aromatic heterocycles. The zero-order valence-electron chi connectivity index (χ0n) is 12.4. The van der Waals surface area contributed by atoms with E-state index in [2.05, 4.69) is 15.8 Å². The quantitative estimate of drug-likeness (QED) is 0.447. The number of amides is 1. The third-order valence-electron chi connectivity index (χ3n) is 2.92. The molecule has 1 amide bonds. The molecule has 0 unspecified atom stereocenters. The second-order valence-corrected chi connectivity index (χ2v) is 5.55. The molecule has 0 atom stereocenters. The van der Waals surface area contributed by atoms with Crippen LogP contribution < -0.4 is 15.5 Å². The summed E-state index contributed by atoms with van der Waals surface area (Å²) in [4.78, 5) is 12.6. The third kappa shape index (κ3) is 5.57. The van der Waals surface area contributed by atoms with Crippen molar-refractivity contribution in [2.75, 3.05) is 19.0 Å². The lowest BCUT2D eigenvalue weighted by molar-refractivity contribution is -0.121. The fourth-order valence-corrected chi connectivity index (χ4v) is 2.36. The van der Waals surface area contributed by atoms with E-state index >= 15 is 0 Å². The van der Waals surface area contributed by atoms with Gasteiger partial charge in [-0.25, -0.2) is 5.43 Å². The minimum Gasteiger partial charge on any atom is -0.497 e. The van der Waals surface area contributed by atoms with E-state index in [9.17, 15) is 4.79 Å². The first-order valence-corrected chi connectivity index (χ1v) is 7.89. The highest BCUT2D eigenvalue weighted by Crippen LogP contribution is 2.14. The molecule has 2 aromatic rings. The predicted molar refractivity (Wildman–Crippen MR) is 90.8 cm³/mol. The lowest BCUT2D eigenvalue weighted by atomic mass is 10.2. The Morgan fingerprint density at radius 1 is 1.32 bits per heavy atom. The molecule has 0 saturated carbocycles. The largest absolute Gasteiger partial charge is 0.497 e. The summed E-state index contributed by atoms with van der Waals surface area (Å²) >= 11 is 1.58. The van der Waals surface area contributed by atoms with Crippen molar-refractivity contribution in [3.8, 4) is 5.75 Å². The monoisotopic (exact) mass is 317 g/mol. The molecule has 0 bridgehead atoms. The first kappa shape index (κ1) is 16.0. The van der Waals surface area contributed by atoms with Gasteiger partial charge < -0.3 is 10.1 Å². The molecule has 6 heteroatoms. The van der Waals surface area contributed by atoms with Gasteiger partial charge in [-0.1, -0.05) is 6.07 Å². The van der Waals surface area contributed by atoms with Crippen molar-refractivity contribution in [3.63, 3.8) is 0 Å². The molecule has 0 aliphatic rings. The Hall–Kier alpha value is -2.34. The summed E-state index contributed by atoms with van der Waals surface area (Å²) in [6.07, 6.45) is 2.83. The number of hydrogen-bond donors (Lipinski definition) is 2. The van der Waals surface area contributed by atoms with Crippen LogP contribution in [0.5, 0.6) is 5.75 Å². The van der Waals surface area contributed by atoms with Crippen molar-refractivity contribution >= 4 is 29.1 Å². The Bertz CT molecular complexity index is 594. The van der Waals surface area contributed by atoms with E-state index in [1.807, 2.05) is 41.8 Å². The fraction of sp³-hybridized carbons (Fsp3) is 0.250. The minimum atomic E-state index is -0.0793. The van der Waals surface area contributed by atoms with E-state index in [0.717, 1.165) is 29.3 Å². The fourth-order valence-electron chi connectivity index (χ4n) is 1.78. The number of ether oxygens (including phenoxy) is 1. The summed E-state index contributed by atoms with van der Waals surface area (Å²) in [5, 5.41) is 9.15. The number of hydrazone groups is 1. The van der Waals surface area contributed by atoms with Gasteiger partial charge in [-0.15, -0.1) is 11.3 Å². The van der Waals surface area contributed by atoms with Crippen molar-refractivity contribution in [2.24, 2.45) is 5.10 Å². The molecule has 1 heterocycles. The van der Waals surface area contributed by atoms with Crippen LogP contribution in [0.25, 0.3) is 0 Å². The smallest absolute Gasteiger partial charge is 0.240 e. The van der Waals surface area contributed by atoms with Gasteiger partial charge in [-0.3, -0.25) is 4.79 Å². The highest BCUT2D eigenvalue weighted by atomic mass is 32.1. The Morgan fingerprint density at radius 2 is 2.14 bits per heavy atom. The van der Waals surface area contributed by atoms with Crippen LogP contribution in [0, 0.1) is 0 Å². The maximum Gasteiger partial charge on any atom is 0.240 e. The first-order chi connectivity index (χ1) is 10.8. The molecule has 5 nitrogen and oxygen atoms in total. The molecule has 0 saturated heterocycles. The molecular weight excluding hydrogens is 298 g/mol. The van der Waals surface area contributed by atoms with Crippen molar-refractivity contribution in [1.29, 1.82) is 0 Å². The van der Waals surface area contributed by atoms with E-state index < -0.39 is 0 Å². The van der Waals surface area contributed by atoms with Crippen LogP contribution in [0.15, 0.2) is 46.9 Å². The highest BCUT2D eigenvalue weighted by molar-refractivity contribution is 7.11. The van der Waals surface area contributed by atoms with Gasteiger partial charge in [-0.2, -0.15) is 5.10 Å². The molecule has 0 fully saturated rings. The molecule has 0 spiro atoms. The third-order valence-corrected chi connectivity index (χ3v) is 3.73. The number of rotatable bonds is 8. The number of methoxy groups -OCH3 is 1. The van der Waals surface area contributed by atoms with Gasteiger partial charge in [0.05, 0.1) is 13.3 Å². The first-order valence-electron chi connectivity index (χ1n) is 7.01. The van der Waals surface area contributed by atoms with Gasteiger partial charge in [-0.05, 0) is 42.1 Å². The normalized spacial score (nSPS) is 10.6. The number of nitrogens with one attached hydrogen (secondary N) is 2. The molecule has 0 aliphatic heterocycles. The zero-order chi connectivity index (χ0) is 15.6. The summed E-state index contributed by atoms with van der Waals surface area (Å²) in [5.41, 5.74) is 3.54. The van der Waals surface area contributed by atoms with Crippen LogP contribution in [0.1, 0.15) is 17.7 Å². The van der Waals surface area contributed by atoms with Crippen molar-refractivity contribution < 1.29 is 9.53 Å². The van der Waals surface area contributed by atoms with Crippen molar-refractivity contribution in [1.82, 2.24) is 5.43 Å². The molecule has 1 aromatic carbocycles. The second-order valence-electron chi connectivity index (χ2n) is 4.57. The molecule has 2 N–H and O–H groups in total. The summed E-state index contributed by atoms with van der Waals surface area (Å²) in [5.74, 6) is 0.748. The van der Waals surface area contributed by atoms with Gasteiger partial charge in [0.15, 0.2) is 0 Å². The van der Waals surface area contributed by atoms with Gasteiger partial charge in [0, 0.05) is 23.5 Å². The Labute approximate surface area is 134 Å². The number of carbonyl (C=O) groups excluding carboxylic acids is 1. The van der Waals surface area contributed by atoms with E-state index in [1.165, 1.54) is 0 Å². The Kier molecular flexibility index (Phi) is 6.44. The van der Waals surface area contributed by atoms with Crippen LogP contribution in [-0.2, 0) is 4.79 Å².